The molecule has 1 amide bonds. The second-order valence-electron chi connectivity index (χ2n) is 8.89. The van der Waals surface area contributed by atoms with Crippen molar-refractivity contribution in [1.82, 2.24) is 14.9 Å². The minimum Gasteiger partial charge on any atom is -0.473 e. The van der Waals surface area contributed by atoms with E-state index >= 15 is 0 Å². The Balaban J connectivity index is 1.49. The van der Waals surface area contributed by atoms with E-state index in [1.165, 1.54) is 6.33 Å². The van der Waals surface area contributed by atoms with Crippen LogP contribution >= 0.6 is 0 Å². The SMILES string of the molecule is C#CC(C)(C)OC(=O)N1CC2COCC(C1)C2Oc1ncnc(Oc2ccccc2C#N)c1C. The molecule has 0 saturated carbocycles. The van der Waals surface area contributed by atoms with Gasteiger partial charge in [0.25, 0.3) is 0 Å². The van der Waals surface area contributed by atoms with Crippen LogP contribution in [-0.2, 0) is 9.47 Å². The molecule has 0 aliphatic carbocycles. The molecule has 2 fully saturated rings. The highest BCUT2D eigenvalue weighted by Gasteiger charge is 2.44. The van der Waals surface area contributed by atoms with Crippen molar-refractivity contribution < 1.29 is 23.7 Å². The molecule has 2 aliphatic rings. The summed E-state index contributed by atoms with van der Waals surface area (Å²) in [6, 6.07) is 9.04. The number of likely N-dealkylation sites (tertiary alicyclic amines) is 1. The van der Waals surface area contributed by atoms with Crippen molar-refractivity contribution in [2.75, 3.05) is 26.3 Å². The second kappa shape index (κ2) is 9.58. The minimum atomic E-state index is -0.978. The van der Waals surface area contributed by atoms with Gasteiger partial charge in [0, 0.05) is 24.9 Å². The quantitative estimate of drug-likeness (QED) is 0.623. The van der Waals surface area contributed by atoms with Gasteiger partial charge in [0.1, 0.15) is 24.3 Å². The molecule has 9 heteroatoms. The van der Waals surface area contributed by atoms with E-state index in [0.717, 1.165) is 0 Å². The van der Waals surface area contributed by atoms with E-state index in [1.54, 1.807) is 49.9 Å². The molecule has 2 atom stereocenters. The molecule has 0 N–H and O–H groups in total. The Labute approximate surface area is 198 Å². The molecule has 2 bridgehead atoms. The van der Waals surface area contributed by atoms with Crippen molar-refractivity contribution in [3.05, 3.63) is 41.7 Å². The predicted molar refractivity (Wildman–Crippen MR) is 121 cm³/mol. The molecular formula is C25H26N4O5. The number of rotatable bonds is 5. The van der Waals surface area contributed by atoms with Crippen molar-refractivity contribution in [1.29, 1.82) is 5.26 Å². The summed E-state index contributed by atoms with van der Waals surface area (Å²) in [6.07, 6.45) is 6.18. The molecule has 2 saturated heterocycles. The summed E-state index contributed by atoms with van der Waals surface area (Å²) >= 11 is 0. The fourth-order valence-corrected chi connectivity index (χ4v) is 4.07. The van der Waals surface area contributed by atoms with E-state index in [2.05, 4.69) is 22.0 Å². The average molecular weight is 463 g/mol. The number of nitriles is 1. The van der Waals surface area contributed by atoms with Crippen molar-refractivity contribution in [2.24, 2.45) is 11.8 Å². The molecule has 2 unspecified atom stereocenters. The van der Waals surface area contributed by atoms with Crippen LogP contribution in [0.5, 0.6) is 17.5 Å². The van der Waals surface area contributed by atoms with Crippen LogP contribution in [0.2, 0.25) is 0 Å². The maximum absolute atomic E-state index is 12.7. The third-order valence-electron chi connectivity index (χ3n) is 5.90. The van der Waals surface area contributed by atoms with Crippen LogP contribution in [0.15, 0.2) is 30.6 Å². The van der Waals surface area contributed by atoms with Crippen molar-refractivity contribution >= 4 is 6.09 Å². The lowest BCUT2D eigenvalue weighted by atomic mass is 9.84. The molecule has 176 valence electrons. The highest BCUT2D eigenvalue weighted by Crippen LogP contribution is 2.35. The lowest BCUT2D eigenvalue weighted by Crippen LogP contribution is -2.59. The Morgan fingerprint density at radius 3 is 2.56 bits per heavy atom. The smallest absolute Gasteiger partial charge is 0.411 e. The van der Waals surface area contributed by atoms with Gasteiger partial charge in [-0.05, 0) is 32.9 Å². The Bertz CT molecular complexity index is 1140. The van der Waals surface area contributed by atoms with Crippen LogP contribution in [0.25, 0.3) is 0 Å². The second-order valence-corrected chi connectivity index (χ2v) is 8.89. The summed E-state index contributed by atoms with van der Waals surface area (Å²) in [6.45, 7) is 6.90. The summed E-state index contributed by atoms with van der Waals surface area (Å²) in [7, 11) is 0. The zero-order chi connectivity index (χ0) is 24.3. The number of hydrogen-bond donors (Lipinski definition) is 0. The van der Waals surface area contributed by atoms with Gasteiger partial charge in [-0.2, -0.15) is 5.26 Å². The first-order chi connectivity index (χ1) is 16.3. The van der Waals surface area contributed by atoms with E-state index in [0.29, 0.717) is 54.9 Å². The molecule has 0 spiro atoms. The van der Waals surface area contributed by atoms with E-state index < -0.39 is 11.7 Å². The molecule has 1 aromatic heterocycles. The number of nitrogens with zero attached hydrogens (tertiary/aromatic N) is 4. The molecule has 3 heterocycles. The van der Waals surface area contributed by atoms with Gasteiger partial charge in [-0.3, -0.25) is 0 Å². The first-order valence-electron chi connectivity index (χ1n) is 11.0. The molecule has 2 aromatic rings. The maximum Gasteiger partial charge on any atom is 0.411 e. The highest BCUT2D eigenvalue weighted by atomic mass is 16.6. The Morgan fingerprint density at radius 2 is 1.88 bits per heavy atom. The Hall–Kier alpha value is -3.82. The van der Waals surface area contributed by atoms with Gasteiger partial charge >= 0.3 is 6.09 Å². The standard InChI is InChI=1S/C25H26N4O5/c1-5-25(3,4)34-24(30)29-11-18-13-31-14-19(12-29)21(18)33-23-16(2)22(27-15-28-23)32-20-9-7-6-8-17(20)10-26/h1,6-9,15,18-19,21H,11-14H2,2-4H3. The number of hydrogen-bond acceptors (Lipinski definition) is 8. The molecule has 4 rings (SSSR count). The van der Waals surface area contributed by atoms with Crippen molar-refractivity contribution in [3.8, 4) is 35.9 Å². The predicted octanol–water partition coefficient (Wildman–Crippen LogP) is 3.32. The normalized spacial score (nSPS) is 21.7. The van der Waals surface area contributed by atoms with Gasteiger partial charge in [-0.25, -0.2) is 14.8 Å². The Morgan fingerprint density at radius 1 is 1.21 bits per heavy atom. The third-order valence-corrected chi connectivity index (χ3v) is 5.90. The van der Waals surface area contributed by atoms with Gasteiger partial charge in [0.05, 0.1) is 24.3 Å². The number of amides is 1. The van der Waals surface area contributed by atoms with E-state index in [9.17, 15) is 10.1 Å². The van der Waals surface area contributed by atoms with Crippen LogP contribution < -0.4 is 9.47 Å². The highest BCUT2D eigenvalue weighted by molar-refractivity contribution is 5.68. The molecule has 2 aliphatic heterocycles. The number of fused-ring (bicyclic) bond motifs is 2. The van der Waals surface area contributed by atoms with Crippen molar-refractivity contribution in [3.63, 3.8) is 0 Å². The zero-order valence-electron chi connectivity index (χ0n) is 19.4. The number of terminal acetylenes is 1. The Kier molecular flexibility index (Phi) is 6.58. The third kappa shape index (κ3) is 4.90. The van der Waals surface area contributed by atoms with Gasteiger partial charge in [-0.15, -0.1) is 6.42 Å². The summed E-state index contributed by atoms with van der Waals surface area (Å²) in [5, 5.41) is 9.32. The van der Waals surface area contributed by atoms with Gasteiger partial charge < -0.3 is 23.8 Å². The van der Waals surface area contributed by atoms with Crippen LogP contribution in [-0.4, -0.2) is 59.0 Å². The van der Waals surface area contributed by atoms with Crippen LogP contribution in [0.3, 0.4) is 0 Å². The summed E-state index contributed by atoms with van der Waals surface area (Å²) in [5.74, 6) is 3.46. The van der Waals surface area contributed by atoms with Gasteiger partial charge in [-0.1, -0.05) is 18.1 Å². The number of para-hydroxylation sites is 1. The van der Waals surface area contributed by atoms with E-state index in [1.807, 2.05) is 0 Å². The topological polar surface area (TPSA) is 107 Å². The molecule has 9 nitrogen and oxygen atoms in total. The van der Waals surface area contributed by atoms with E-state index in [-0.39, 0.29) is 17.9 Å². The summed E-state index contributed by atoms with van der Waals surface area (Å²) in [5.41, 5.74) is 0.0445. The van der Waals surface area contributed by atoms with Crippen molar-refractivity contribution in [2.45, 2.75) is 32.5 Å². The largest absolute Gasteiger partial charge is 0.473 e. The van der Waals surface area contributed by atoms with Crippen LogP contribution in [0.4, 0.5) is 4.79 Å². The first-order valence-corrected chi connectivity index (χ1v) is 11.0. The number of ether oxygens (including phenoxy) is 4. The van der Waals surface area contributed by atoms with Crippen LogP contribution in [0.1, 0.15) is 25.0 Å². The number of carbonyl (C=O) groups excluding carboxylic acids is 1. The number of piperidine rings is 1. The maximum atomic E-state index is 12.7. The summed E-state index contributed by atoms with van der Waals surface area (Å²) in [4.78, 5) is 22.9. The fraction of sp³-hybridized carbons (Fsp3) is 0.440. The van der Waals surface area contributed by atoms with Gasteiger partial charge in [0.2, 0.25) is 11.8 Å². The fourth-order valence-electron chi connectivity index (χ4n) is 4.07. The van der Waals surface area contributed by atoms with E-state index in [4.69, 9.17) is 25.4 Å². The molecule has 34 heavy (non-hydrogen) atoms. The monoisotopic (exact) mass is 462 g/mol. The van der Waals surface area contributed by atoms with Crippen LogP contribution in [0, 0.1) is 42.4 Å². The molecule has 0 radical (unpaired) electrons. The average Bonchev–Trinajstić information content (AvgIpc) is 2.81. The lowest BCUT2D eigenvalue weighted by molar-refractivity contribution is -0.112. The van der Waals surface area contributed by atoms with Gasteiger partial charge in [0.15, 0.2) is 5.60 Å². The minimum absolute atomic E-state index is 0.0629. The number of benzene rings is 1. The lowest BCUT2D eigenvalue weighted by Gasteiger charge is -2.46. The first kappa shape index (κ1) is 23.3. The summed E-state index contributed by atoms with van der Waals surface area (Å²) < 4.78 is 23.4. The molecular weight excluding hydrogens is 436 g/mol. The number of carbonyl (C=O) groups is 1. The molecule has 1 aromatic carbocycles. The zero-order valence-corrected chi connectivity index (χ0v) is 19.4. The number of aromatic nitrogens is 2.